The first-order valence-electron chi connectivity index (χ1n) is 14.6. The van der Waals surface area contributed by atoms with E-state index >= 15 is 0 Å². The number of anilines is 1. The maximum Gasteiger partial charge on any atom is 0.416 e. The number of ether oxygens (including phenoxy) is 3. The van der Waals surface area contributed by atoms with Gasteiger partial charge in [-0.3, -0.25) is 4.90 Å². The normalized spacial score (nSPS) is 16.4. The maximum absolute atomic E-state index is 13.6. The van der Waals surface area contributed by atoms with Crippen molar-refractivity contribution in [2.24, 2.45) is 0 Å². The highest BCUT2D eigenvalue weighted by Gasteiger charge is 2.41. The molecule has 4 aromatic rings. The number of halogens is 3. The zero-order chi connectivity index (χ0) is 33.5. The van der Waals surface area contributed by atoms with Crippen molar-refractivity contribution in [1.29, 1.82) is 0 Å². The van der Waals surface area contributed by atoms with Crippen molar-refractivity contribution < 1.29 is 37.0 Å². The highest BCUT2D eigenvalue weighted by atomic mass is 19.4. The number of hydrogen-bond donors (Lipinski definition) is 1. The fourth-order valence-corrected chi connectivity index (χ4v) is 6.13. The van der Waals surface area contributed by atoms with Gasteiger partial charge in [0.1, 0.15) is 11.9 Å². The molecule has 1 heterocycles. The molecule has 0 radical (unpaired) electrons. The van der Waals surface area contributed by atoms with E-state index in [-0.39, 0.29) is 12.1 Å². The number of esters is 1. The zero-order valence-corrected chi connectivity index (χ0v) is 26.4. The Morgan fingerprint density at radius 2 is 1.65 bits per heavy atom. The Balaban J connectivity index is 1.55. The van der Waals surface area contributed by atoms with Crippen LogP contribution in [0.2, 0.25) is 0 Å². The van der Waals surface area contributed by atoms with Crippen LogP contribution >= 0.6 is 0 Å². The van der Waals surface area contributed by atoms with Gasteiger partial charge in [0.05, 0.1) is 37.9 Å². The smallest absolute Gasteiger partial charge is 0.416 e. The molecule has 0 unspecified atom stereocenters. The standard InChI is InChI=1S/C36H35F3N2O5/c1-19-11-25(16-27(13-19)36(37,38)39)33-22(4)41(35(43)46-33)18-26-12-20(2)14-30(40)32(26)29-17-23(8-10-31(29)44-5)28-9-7-24(15-21(28)3)34(42)45-6/h7-17,22,33H,18,40H2,1-6H3/t22-,33-/m0/s1. The Morgan fingerprint density at radius 1 is 0.935 bits per heavy atom. The summed E-state index contributed by atoms with van der Waals surface area (Å²) >= 11 is 0. The van der Waals surface area contributed by atoms with Gasteiger partial charge in [-0.1, -0.05) is 29.8 Å². The number of nitrogen functional groups attached to an aromatic ring is 1. The number of nitrogens with two attached hydrogens (primary N) is 1. The summed E-state index contributed by atoms with van der Waals surface area (Å²) < 4.78 is 57.0. The number of hydrogen-bond acceptors (Lipinski definition) is 6. The fraction of sp³-hybridized carbons (Fsp3) is 0.278. The summed E-state index contributed by atoms with van der Waals surface area (Å²) in [5.41, 5.74) is 13.0. The summed E-state index contributed by atoms with van der Waals surface area (Å²) in [5, 5.41) is 0. The monoisotopic (exact) mass is 632 g/mol. The van der Waals surface area contributed by atoms with Crippen LogP contribution in [-0.4, -0.2) is 37.2 Å². The molecule has 240 valence electrons. The largest absolute Gasteiger partial charge is 0.496 e. The molecule has 0 spiro atoms. The molecule has 5 rings (SSSR count). The van der Waals surface area contributed by atoms with E-state index in [9.17, 15) is 22.8 Å². The van der Waals surface area contributed by atoms with Crippen LogP contribution < -0.4 is 10.5 Å². The quantitative estimate of drug-likeness (QED) is 0.163. The Labute approximate surface area is 265 Å². The molecule has 0 bridgehead atoms. The molecule has 7 nitrogen and oxygen atoms in total. The Kier molecular flexibility index (Phi) is 8.75. The number of carbonyl (C=O) groups is 2. The molecule has 0 aromatic heterocycles. The molecule has 0 saturated carbocycles. The van der Waals surface area contributed by atoms with Gasteiger partial charge in [0.25, 0.3) is 0 Å². The zero-order valence-electron chi connectivity index (χ0n) is 26.4. The Morgan fingerprint density at radius 3 is 2.30 bits per heavy atom. The molecule has 1 aliphatic heterocycles. The second kappa shape index (κ2) is 12.4. The molecule has 1 amide bonds. The third-order valence-electron chi connectivity index (χ3n) is 8.31. The summed E-state index contributed by atoms with van der Waals surface area (Å²) in [6, 6.07) is 17.9. The third-order valence-corrected chi connectivity index (χ3v) is 8.31. The summed E-state index contributed by atoms with van der Waals surface area (Å²) in [7, 11) is 2.89. The number of alkyl halides is 3. The molecule has 2 N–H and O–H groups in total. The minimum atomic E-state index is -4.53. The van der Waals surface area contributed by atoms with Gasteiger partial charge < -0.3 is 19.9 Å². The van der Waals surface area contributed by atoms with E-state index in [0.29, 0.717) is 33.7 Å². The lowest BCUT2D eigenvalue weighted by atomic mass is 9.90. The van der Waals surface area contributed by atoms with Gasteiger partial charge in [0.15, 0.2) is 0 Å². The highest BCUT2D eigenvalue weighted by Crippen LogP contribution is 2.43. The number of nitrogens with zero attached hydrogens (tertiary/aromatic N) is 1. The topological polar surface area (TPSA) is 91.1 Å². The number of amides is 1. The minimum Gasteiger partial charge on any atom is -0.496 e. The summed E-state index contributed by atoms with van der Waals surface area (Å²) in [5.74, 6) is 0.126. The number of rotatable bonds is 7. The van der Waals surface area contributed by atoms with Crippen molar-refractivity contribution in [3.63, 3.8) is 0 Å². The SMILES string of the molecule is COC(=O)c1ccc(-c2ccc(OC)c(-c3c(N)cc(C)cc3CN3C(=O)O[C@H](c4cc(C)cc(C(F)(F)F)c4)[C@@H]3C)c2)c(C)c1. The van der Waals surface area contributed by atoms with Gasteiger partial charge in [-0.15, -0.1) is 0 Å². The van der Waals surface area contributed by atoms with Crippen molar-refractivity contribution in [3.05, 3.63) is 106 Å². The van der Waals surface area contributed by atoms with Crippen LogP contribution in [0.15, 0.2) is 66.7 Å². The molecule has 1 aliphatic rings. The summed E-state index contributed by atoms with van der Waals surface area (Å²) in [6.45, 7) is 7.22. The Bertz CT molecular complexity index is 1840. The van der Waals surface area contributed by atoms with Gasteiger partial charge in [0, 0.05) is 16.8 Å². The van der Waals surface area contributed by atoms with Crippen LogP contribution in [0.4, 0.5) is 23.7 Å². The molecule has 4 aromatic carbocycles. The molecule has 1 fully saturated rings. The molecule has 2 atom stereocenters. The lowest BCUT2D eigenvalue weighted by molar-refractivity contribution is -0.137. The molecular formula is C36H35F3N2O5. The van der Waals surface area contributed by atoms with E-state index < -0.39 is 35.9 Å². The van der Waals surface area contributed by atoms with Crippen LogP contribution in [0.3, 0.4) is 0 Å². The maximum atomic E-state index is 13.6. The number of benzene rings is 4. The lowest BCUT2D eigenvalue weighted by Crippen LogP contribution is -2.31. The molecule has 0 aliphatic carbocycles. The Hall–Kier alpha value is -4.99. The predicted octanol–water partition coefficient (Wildman–Crippen LogP) is 8.42. The van der Waals surface area contributed by atoms with Crippen LogP contribution in [-0.2, 0) is 22.2 Å². The van der Waals surface area contributed by atoms with E-state index in [0.717, 1.165) is 39.9 Å². The van der Waals surface area contributed by atoms with Crippen molar-refractivity contribution >= 4 is 17.7 Å². The van der Waals surface area contributed by atoms with E-state index in [1.54, 1.807) is 39.2 Å². The van der Waals surface area contributed by atoms with Crippen LogP contribution in [0.1, 0.15) is 56.8 Å². The first-order chi connectivity index (χ1) is 21.7. The van der Waals surface area contributed by atoms with Gasteiger partial charge in [-0.2, -0.15) is 13.2 Å². The van der Waals surface area contributed by atoms with Crippen molar-refractivity contribution in [2.45, 2.75) is 52.6 Å². The van der Waals surface area contributed by atoms with Crippen molar-refractivity contribution in [3.8, 4) is 28.0 Å². The average Bonchev–Trinajstić information content (AvgIpc) is 3.28. The summed E-state index contributed by atoms with van der Waals surface area (Å²) in [6.07, 6.45) is -6.07. The van der Waals surface area contributed by atoms with Crippen LogP contribution in [0.5, 0.6) is 5.75 Å². The van der Waals surface area contributed by atoms with Gasteiger partial charge in [-0.25, -0.2) is 9.59 Å². The number of carbonyl (C=O) groups excluding carboxylic acids is 2. The molecule has 1 saturated heterocycles. The third kappa shape index (κ3) is 6.24. The molecular weight excluding hydrogens is 597 g/mol. The number of methoxy groups -OCH3 is 2. The van der Waals surface area contributed by atoms with E-state index in [1.807, 2.05) is 50.2 Å². The average molecular weight is 633 g/mol. The van der Waals surface area contributed by atoms with Gasteiger partial charge >= 0.3 is 18.2 Å². The van der Waals surface area contributed by atoms with E-state index in [1.165, 1.54) is 12.0 Å². The fourth-order valence-electron chi connectivity index (χ4n) is 6.13. The van der Waals surface area contributed by atoms with E-state index in [4.69, 9.17) is 19.9 Å². The second-order valence-electron chi connectivity index (χ2n) is 11.6. The first-order valence-corrected chi connectivity index (χ1v) is 14.6. The van der Waals surface area contributed by atoms with Gasteiger partial charge in [-0.05, 0) is 104 Å². The highest BCUT2D eigenvalue weighted by molar-refractivity contribution is 5.91. The number of cyclic esters (lactones) is 1. The summed E-state index contributed by atoms with van der Waals surface area (Å²) in [4.78, 5) is 26.8. The first kappa shape index (κ1) is 32.4. The van der Waals surface area contributed by atoms with Crippen molar-refractivity contribution in [2.75, 3.05) is 20.0 Å². The van der Waals surface area contributed by atoms with Crippen LogP contribution in [0.25, 0.3) is 22.3 Å². The van der Waals surface area contributed by atoms with Gasteiger partial charge in [0.2, 0.25) is 0 Å². The van der Waals surface area contributed by atoms with Crippen molar-refractivity contribution in [1.82, 2.24) is 4.90 Å². The number of aryl methyl sites for hydroxylation is 3. The molecule has 10 heteroatoms. The minimum absolute atomic E-state index is 0.0931. The van der Waals surface area contributed by atoms with E-state index in [2.05, 4.69) is 0 Å². The molecule has 46 heavy (non-hydrogen) atoms. The van der Waals surface area contributed by atoms with Crippen LogP contribution in [0, 0.1) is 20.8 Å². The second-order valence-corrected chi connectivity index (χ2v) is 11.6. The lowest BCUT2D eigenvalue weighted by Gasteiger charge is -2.24. The predicted molar refractivity (Wildman–Crippen MR) is 169 cm³/mol.